The number of nitrogens with zero attached hydrogens (tertiary/aromatic N) is 2. The van der Waals surface area contributed by atoms with Gasteiger partial charge in [0, 0.05) is 18.7 Å². The van der Waals surface area contributed by atoms with Crippen molar-refractivity contribution in [2.75, 3.05) is 6.79 Å². The number of pyridine rings is 1. The van der Waals surface area contributed by atoms with Crippen molar-refractivity contribution in [3.05, 3.63) is 89.7 Å². The topological polar surface area (TPSA) is 51.7 Å². The van der Waals surface area contributed by atoms with E-state index in [-0.39, 0.29) is 18.6 Å². The van der Waals surface area contributed by atoms with E-state index < -0.39 is 0 Å². The Hall–Kier alpha value is -3.34. The molecule has 1 aliphatic carbocycles. The molecule has 2 aliphatic rings. The lowest BCUT2D eigenvalue weighted by Gasteiger charge is -2.23. The minimum atomic E-state index is 0.0372. The lowest BCUT2D eigenvalue weighted by atomic mass is 10.1. The zero-order valence-corrected chi connectivity index (χ0v) is 16.0. The van der Waals surface area contributed by atoms with Gasteiger partial charge in [-0.3, -0.25) is 9.78 Å². The van der Waals surface area contributed by atoms with Crippen LogP contribution in [0.4, 0.5) is 0 Å². The van der Waals surface area contributed by atoms with Gasteiger partial charge in [-0.1, -0.05) is 42.5 Å². The number of rotatable bonds is 6. The molecule has 5 nitrogen and oxygen atoms in total. The van der Waals surface area contributed by atoms with E-state index in [1.54, 1.807) is 6.20 Å². The molecule has 0 N–H and O–H groups in total. The molecule has 0 saturated heterocycles. The summed E-state index contributed by atoms with van der Waals surface area (Å²) in [4.78, 5) is 19.7. The van der Waals surface area contributed by atoms with Gasteiger partial charge in [-0.25, -0.2) is 0 Å². The maximum absolute atomic E-state index is 13.4. The first kappa shape index (κ1) is 17.7. The molecule has 2 aromatic carbocycles. The summed E-state index contributed by atoms with van der Waals surface area (Å²) in [5.41, 5.74) is 3.15. The highest BCUT2D eigenvalue weighted by molar-refractivity contribution is 5.83. The Kier molecular flexibility index (Phi) is 4.64. The molecule has 2 heterocycles. The Morgan fingerprint density at radius 2 is 1.79 bits per heavy atom. The molecular formula is C24H22N2O3. The first-order chi connectivity index (χ1) is 14.3. The highest BCUT2D eigenvalue weighted by Gasteiger charge is 2.45. The van der Waals surface area contributed by atoms with Crippen LogP contribution in [0, 0.1) is 5.92 Å². The van der Waals surface area contributed by atoms with Crippen LogP contribution in [-0.4, -0.2) is 22.6 Å². The van der Waals surface area contributed by atoms with Gasteiger partial charge in [-0.15, -0.1) is 0 Å². The minimum absolute atomic E-state index is 0.0372. The minimum Gasteiger partial charge on any atom is -0.454 e. The molecule has 1 aliphatic heterocycles. The van der Waals surface area contributed by atoms with Gasteiger partial charge in [0.15, 0.2) is 11.5 Å². The second kappa shape index (κ2) is 7.59. The highest BCUT2D eigenvalue weighted by Crippen LogP contribution is 2.48. The largest absolute Gasteiger partial charge is 0.454 e. The van der Waals surface area contributed by atoms with Gasteiger partial charge < -0.3 is 14.4 Å². The Bertz CT molecular complexity index is 1010. The molecule has 3 aromatic rings. The van der Waals surface area contributed by atoms with E-state index in [2.05, 4.69) is 17.1 Å². The number of hydrogen-bond donors (Lipinski definition) is 0. The molecule has 0 unspecified atom stereocenters. The van der Waals surface area contributed by atoms with Gasteiger partial charge in [-0.05, 0) is 47.7 Å². The van der Waals surface area contributed by atoms with Gasteiger partial charge in [0.05, 0.1) is 12.2 Å². The number of carbonyl (C=O) groups excluding carboxylic acids is 1. The maximum atomic E-state index is 13.4. The quantitative estimate of drug-likeness (QED) is 0.639. The van der Waals surface area contributed by atoms with Crippen molar-refractivity contribution in [1.82, 2.24) is 9.88 Å². The molecule has 5 heteroatoms. The smallest absolute Gasteiger partial charge is 0.231 e. The number of fused-ring (bicyclic) bond motifs is 1. The second-order valence-corrected chi connectivity index (χ2v) is 7.56. The summed E-state index contributed by atoms with van der Waals surface area (Å²) in [6.07, 6.45) is 2.67. The third kappa shape index (κ3) is 3.81. The molecule has 29 heavy (non-hydrogen) atoms. The molecule has 2 atom stereocenters. The van der Waals surface area contributed by atoms with Crippen LogP contribution in [0.2, 0.25) is 0 Å². The summed E-state index contributed by atoms with van der Waals surface area (Å²) in [6.45, 7) is 1.26. The Morgan fingerprint density at radius 1 is 0.966 bits per heavy atom. The lowest BCUT2D eigenvalue weighted by molar-refractivity contribution is -0.134. The molecule has 146 valence electrons. The Morgan fingerprint density at radius 3 is 2.62 bits per heavy atom. The van der Waals surface area contributed by atoms with E-state index in [1.165, 1.54) is 5.56 Å². The van der Waals surface area contributed by atoms with E-state index in [0.29, 0.717) is 19.0 Å². The van der Waals surface area contributed by atoms with Gasteiger partial charge in [0.1, 0.15) is 0 Å². The average Bonchev–Trinajstić information content (AvgIpc) is 3.44. The Labute approximate surface area is 169 Å². The molecule has 1 fully saturated rings. The molecular weight excluding hydrogens is 364 g/mol. The number of carbonyl (C=O) groups is 1. The molecule has 1 saturated carbocycles. The normalized spacial score (nSPS) is 19.0. The van der Waals surface area contributed by atoms with E-state index in [0.717, 1.165) is 29.2 Å². The van der Waals surface area contributed by atoms with Crippen molar-refractivity contribution in [3.8, 4) is 11.5 Å². The predicted octanol–water partition coefficient (Wildman–Crippen LogP) is 4.14. The summed E-state index contributed by atoms with van der Waals surface area (Å²) < 4.78 is 10.9. The second-order valence-electron chi connectivity index (χ2n) is 7.56. The van der Waals surface area contributed by atoms with Crippen LogP contribution in [0.3, 0.4) is 0 Å². The molecule has 1 amide bonds. The first-order valence-electron chi connectivity index (χ1n) is 9.90. The number of aromatic nitrogens is 1. The van der Waals surface area contributed by atoms with Crippen molar-refractivity contribution in [3.63, 3.8) is 0 Å². The summed E-state index contributed by atoms with van der Waals surface area (Å²) in [5, 5.41) is 0. The van der Waals surface area contributed by atoms with Crippen LogP contribution in [0.1, 0.15) is 29.2 Å². The van der Waals surface area contributed by atoms with Crippen molar-refractivity contribution in [2.24, 2.45) is 5.92 Å². The van der Waals surface area contributed by atoms with Gasteiger partial charge >= 0.3 is 0 Å². The predicted molar refractivity (Wildman–Crippen MR) is 108 cm³/mol. The van der Waals surface area contributed by atoms with Crippen molar-refractivity contribution >= 4 is 5.91 Å². The van der Waals surface area contributed by atoms with E-state index >= 15 is 0 Å². The maximum Gasteiger partial charge on any atom is 0.231 e. The fraction of sp³-hybridized carbons (Fsp3) is 0.250. The Balaban J connectivity index is 1.36. The van der Waals surface area contributed by atoms with Crippen LogP contribution in [0.15, 0.2) is 72.9 Å². The summed E-state index contributed by atoms with van der Waals surface area (Å²) in [7, 11) is 0. The number of hydrogen-bond acceptors (Lipinski definition) is 4. The number of amides is 1. The van der Waals surface area contributed by atoms with Crippen LogP contribution in [-0.2, 0) is 17.9 Å². The molecule has 5 rings (SSSR count). The van der Waals surface area contributed by atoms with Gasteiger partial charge in [-0.2, -0.15) is 0 Å². The summed E-state index contributed by atoms with van der Waals surface area (Å²) in [5.74, 6) is 2.02. The average molecular weight is 386 g/mol. The molecule has 1 aromatic heterocycles. The SMILES string of the molecule is O=C([C@@H]1C[C@H]1c1ccccc1)N(Cc1ccc2c(c1)OCO2)Cc1ccccn1. The molecule has 0 bridgehead atoms. The van der Waals surface area contributed by atoms with E-state index in [9.17, 15) is 4.79 Å². The van der Waals surface area contributed by atoms with Crippen LogP contribution in [0.25, 0.3) is 0 Å². The first-order valence-corrected chi connectivity index (χ1v) is 9.90. The summed E-state index contributed by atoms with van der Waals surface area (Å²) in [6, 6.07) is 22.0. The third-order valence-corrected chi connectivity index (χ3v) is 5.54. The number of benzene rings is 2. The number of ether oxygens (including phenoxy) is 2. The fourth-order valence-electron chi connectivity index (χ4n) is 3.93. The zero-order valence-electron chi connectivity index (χ0n) is 16.0. The van der Waals surface area contributed by atoms with E-state index in [1.807, 2.05) is 59.5 Å². The van der Waals surface area contributed by atoms with Crippen molar-refractivity contribution in [1.29, 1.82) is 0 Å². The van der Waals surface area contributed by atoms with Crippen LogP contribution >= 0.6 is 0 Å². The lowest BCUT2D eigenvalue weighted by Crippen LogP contribution is -2.32. The van der Waals surface area contributed by atoms with Gasteiger partial charge in [0.2, 0.25) is 12.7 Å². The standard InChI is InChI=1S/C24H22N2O3/c27-24(21-13-20(21)18-6-2-1-3-7-18)26(15-19-8-4-5-11-25-19)14-17-9-10-22-23(12-17)29-16-28-22/h1-12,20-21H,13-16H2/t20-,21+/m0/s1. The molecule has 0 radical (unpaired) electrons. The highest BCUT2D eigenvalue weighted by atomic mass is 16.7. The monoisotopic (exact) mass is 386 g/mol. The van der Waals surface area contributed by atoms with Crippen LogP contribution < -0.4 is 9.47 Å². The van der Waals surface area contributed by atoms with Crippen molar-refractivity contribution < 1.29 is 14.3 Å². The summed E-state index contributed by atoms with van der Waals surface area (Å²) >= 11 is 0. The third-order valence-electron chi connectivity index (χ3n) is 5.54. The van der Waals surface area contributed by atoms with Gasteiger partial charge in [0.25, 0.3) is 0 Å². The fourth-order valence-corrected chi connectivity index (χ4v) is 3.93. The van der Waals surface area contributed by atoms with Crippen LogP contribution in [0.5, 0.6) is 11.5 Å². The zero-order chi connectivity index (χ0) is 19.6. The molecule has 0 spiro atoms. The van der Waals surface area contributed by atoms with E-state index in [4.69, 9.17) is 9.47 Å². The van der Waals surface area contributed by atoms with Crippen molar-refractivity contribution in [2.45, 2.75) is 25.4 Å².